The van der Waals surface area contributed by atoms with Gasteiger partial charge in [0.15, 0.2) is 0 Å². The lowest BCUT2D eigenvalue weighted by Crippen LogP contribution is -2.34. The van der Waals surface area contributed by atoms with Crippen molar-refractivity contribution in [1.29, 1.82) is 0 Å². The third-order valence-electron chi connectivity index (χ3n) is 4.32. The predicted molar refractivity (Wildman–Crippen MR) is 70.6 cm³/mol. The van der Waals surface area contributed by atoms with Crippen molar-refractivity contribution in [2.24, 2.45) is 0 Å². The van der Waals surface area contributed by atoms with Crippen molar-refractivity contribution in [2.75, 3.05) is 0 Å². The summed E-state index contributed by atoms with van der Waals surface area (Å²) in [5.74, 6) is 0. The van der Waals surface area contributed by atoms with Crippen LogP contribution in [0.25, 0.3) is 0 Å². The first kappa shape index (κ1) is 11.8. The summed E-state index contributed by atoms with van der Waals surface area (Å²) < 4.78 is 1.23. The van der Waals surface area contributed by atoms with Gasteiger partial charge in [-0.25, -0.2) is 0 Å². The summed E-state index contributed by atoms with van der Waals surface area (Å²) in [7, 11) is 0. The zero-order chi connectivity index (χ0) is 10.8. The monoisotopic (exact) mass is 226 g/mol. The van der Waals surface area contributed by atoms with E-state index in [2.05, 4.69) is 25.6 Å². The Bertz CT molecular complexity index is 175. The summed E-state index contributed by atoms with van der Waals surface area (Å²) in [5.41, 5.74) is 0. The molecule has 0 amide bonds. The first-order valence-electron chi connectivity index (χ1n) is 6.82. The highest BCUT2D eigenvalue weighted by molar-refractivity contribution is 8.01. The lowest BCUT2D eigenvalue weighted by molar-refractivity contribution is 0.391. The van der Waals surface area contributed by atoms with Crippen LogP contribution in [0.15, 0.2) is 0 Å². The van der Waals surface area contributed by atoms with Crippen LogP contribution in [0.1, 0.15) is 78.1 Å². The molecule has 2 saturated carbocycles. The van der Waals surface area contributed by atoms with E-state index in [9.17, 15) is 0 Å². The van der Waals surface area contributed by atoms with Crippen molar-refractivity contribution in [2.45, 2.75) is 87.5 Å². The van der Waals surface area contributed by atoms with Gasteiger partial charge in [0.2, 0.25) is 0 Å². The molecule has 2 aliphatic rings. The summed E-state index contributed by atoms with van der Waals surface area (Å²) in [5, 5.41) is 0. The SMILES string of the molecule is CC1(SC2(C)CCCCC2)CCCCC1. The highest BCUT2D eigenvalue weighted by Crippen LogP contribution is 2.50. The molecule has 0 aliphatic heterocycles. The van der Waals surface area contributed by atoms with Crippen LogP contribution in [0.2, 0.25) is 0 Å². The molecule has 0 saturated heterocycles. The Balaban J connectivity index is 1.93. The van der Waals surface area contributed by atoms with E-state index in [1.165, 1.54) is 64.2 Å². The van der Waals surface area contributed by atoms with Crippen LogP contribution in [-0.4, -0.2) is 9.49 Å². The molecule has 2 rings (SSSR count). The number of hydrogen-bond donors (Lipinski definition) is 0. The van der Waals surface area contributed by atoms with Crippen molar-refractivity contribution in [1.82, 2.24) is 0 Å². The summed E-state index contributed by atoms with van der Waals surface area (Å²) in [6.07, 6.45) is 14.7. The molecule has 0 nitrogen and oxygen atoms in total. The van der Waals surface area contributed by atoms with Crippen molar-refractivity contribution < 1.29 is 0 Å². The smallest absolute Gasteiger partial charge is 0.0137 e. The number of rotatable bonds is 2. The fourth-order valence-corrected chi connectivity index (χ4v) is 5.57. The van der Waals surface area contributed by atoms with Gasteiger partial charge in [-0.15, -0.1) is 11.8 Å². The Hall–Kier alpha value is 0.350. The second-order valence-corrected chi connectivity index (χ2v) is 8.30. The molecule has 0 aromatic carbocycles. The van der Waals surface area contributed by atoms with Gasteiger partial charge in [-0.1, -0.05) is 52.4 Å². The summed E-state index contributed by atoms with van der Waals surface area (Å²) in [6.45, 7) is 5.05. The molecule has 2 fully saturated rings. The molecule has 0 aromatic heterocycles. The van der Waals surface area contributed by atoms with Gasteiger partial charge >= 0.3 is 0 Å². The van der Waals surface area contributed by atoms with Gasteiger partial charge in [-0.2, -0.15) is 0 Å². The number of thioether (sulfide) groups is 1. The third kappa shape index (κ3) is 3.15. The molecule has 15 heavy (non-hydrogen) atoms. The van der Waals surface area contributed by atoms with Crippen molar-refractivity contribution in [3.05, 3.63) is 0 Å². The molecule has 2 aliphatic carbocycles. The van der Waals surface area contributed by atoms with Gasteiger partial charge < -0.3 is 0 Å². The molecule has 0 spiro atoms. The average Bonchev–Trinajstić information content (AvgIpc) is 2.18. The minimum absolute atomic E-state index is 0.615. The van der Waals surface area contributed by atoms with Crippen molar-refractivity contribution >= 4 is 11.8 Å². The first-order chi connectivity index (χ1) is 7.12. The number of hydrogen-bond acceptors (Lipinski definition) is 1. The molecule has 0 N–H and O–H groups in total. The fraction of sp³-hybridized carbons (Fsp3) is 1.00. The normalized spacial score (nSPS) is 30.0. The standard InChI is InChI=1S/C14H26S/c1-13(9-5-3-6-10-13)15-14(2)11-7-4-8-12-14/h3-12H2,1-2H3. The van der Waals surface area contributed by atoms with E-state index in [1.807, 2.05) is 0 Å². The van der Waals surface area contributed by atoms with Crippen LogP contribution < -0.4 is 0 Å². The van der Waals surface area contributed by atoms with E-state index in [1.54, 1.807) is 0 Å². The molecule has 0 aromatic rings. The van der Waals surface area contributed by atoms with E-state index in [0.29, 0.717) is 9.49 Å². The van der Waals surface area contributed by atoms with Gasteiger partial charge in [0.05, 0.1) is 0 Å². The zero-order valence-corrected chi connectivity index (χ0v) is 11.3. The molecule has 0 heterocycles. The Labute approximate surface area is 99.6 Å². The van der Waals surface area contributed by atoms with E-state index in [0.717, 1.165) is 0 Å². The topological polar surface area (TPSA) is 0 Å². The second-order valence-electron chi connectivity index (χ2n) is 6.12. The maximum Gasteiger partial charge on any atom is 0.0137 e. The zero-order valence-electron chi connectivity index (χ0n) is 10.5. The quantitative estimate of drug-likeness (QED) is 0.626. The Morgan fingerprint density at radius 3 is 1.27 bits per heavy atom. The van der Waals surface area contributed by atoms with Crippen LogP contribution in [0.4, 0.5) is 0 Å². The van der Waals surface area contributed by atoms with Crippen LogP contribution >= 0.6 is 11.8 Å². The van der Waals surface area contributed by atoms with E-state index >= 15 is 0 Å². The third-order valence-corrected chi connectivity index (χ3v) is 6.12. The minimum Gasteiger partial charge on any atom is -0.149 e. The summed E-state index contributed by atoms with van der Waals surface area (Å²) in [6, 6.07) is 0. The van der Waals surface area contributed by atoms with Crippen molar-refractivity contribution in [3.63, 3.8) is 0 Å². The van der Waals surface area contributed by atoms with E-state index < -0.39 is 0 Å². The van der Waals surface area contributed by atoms with E-state index in [-0.39, 0.29) is 0 Å². The average molecular weight is 226 g/mol. The van der Waals surface area contributed by atoms with Gasteiger partial charge in [0.25, 0.3) is 0 Å². The van der Waals surface area contributed by atoms with Gasteiger partial charge in [-0.05, 0) is 25.7 Å². The highest BCUT2D eigenvalue weighted by atomic mass is 32.2. The Morgan fingerprint density at radius 1 is 0.600 bits per heavy atom. The summed E-state index contributed by atoms with van der Waals surface area (Å²) >= 11 is 2.35. The van der Waals surface area contributed by atoms with Crippen LogP contribution in [-0.2, 0) is 0 Å². The van der Waals surface area contributed by atoms with Crippen LogP contribution in [0, 0.1) is 0 Å². The molecular formula is C14H26S. The van der Waals surface area contributed by atoms with Gasteiger partial charge in [-0.3, -0.25) is 0 Å². The lowest BCUT2D eigenvalue weighted by Gasteiger charge is -2.43. The largest absolute Gasteiger partial charge is 0.149 e. The predicted octanol–water partition coefficient (Wildman–Crippen LogP) is 5.17. The molecule has 0 atom stereocenters. The maximum absolute atomic E-state index is 2.52. The molecule has 1 heteroatoms. The molecule has 0 bridgehead atoms. The van der Waals surface area contributed by atoms with Crippen LogP contribution in [0.5, 0.6) is 0 Å². The Morgan fingerprint density at radius 2 is 0.933 bits per heavy atom. The minimum atomic E-state index is 0.615. The highest BCUT2D eigenvalue weighted by Gasteiger charge is 2.37. The van der Waals surface area contributed by atoms with Gasteiger partial charge in [0, 0.05) is 9.49 Å². The molecule has 0 unspecified atom stereocenters. The second kappa shape index (κ2) is 4.69. The first-order valence-corrected chi connectivity index (χ1v) is 7.64. The molecule has 0 radical (unpaired) electrons. The van der Waals surface area contributed by atoms with Crippen LogP contribution in [0.3, 0.4) is 0 Å². The summed E-state index contributed by atoms with van der Waals surface area (Å²) in [4.78, 5) is 0. The molecule has 88 valence electrons. The van der Waals surface area contributed by atoms with E-state index in [4.69, 9.17) is 0 Å². The maximum atomic E-state index is 2.52. The van der Waals surface area contributed by atoms with Crippen molar-refractivity contribution in [3.8, 4) is 0 Å². The van der Waals surface area contributed by atoms with Gasteiger partial charge in [0.1, 0.15) is 0 Å². The lowest BCUT2D eigenvalue weighted by atomic mass is 9.89. The Kier molecular flexibility index (Phi) is 3.70. The fourth-order valence-electron chi connectivity index (χ4n) is 3.40. The molecular weight excluding hydrogens is 200 g/mol.